The topological polar surface area (TPSA) is 71.3 Å². The van der Waals surface area contributed by atoms with Gasteiger partial charge in [-0.2, -0.15) is 0 Å². The number of amides is 1. The second-order valence-electron chi connectivity index (χ2n) is 8.55. The molecule has 5 heterocycles. The van der Waals surface area contributed by atoms with Crippen molar-refractivity contribution in [2.24, 2.45) is 5.92 Å². The zero-order chi connectivity index (χ0) is 20.9. The van der Waals surface area contributed by atoms with E-state index < -0.39 is 18.4 Å². The first-order valence-corrected chi connectivity index (χ1v) is 10.3. The molecule has 2 bridgehead atoms. The first kappa shape index (κ1) is 19.1. The van der Waals surface area contributed by atoms with Crippen molar-refractivity contribution < 1.29 is 13.6 Å². The Morgan fingerprint density at radius 1 is 1.17 bits per heavy atom. The predicted molar refractivity (Wildman–Crippen MR) is 106 cm³/mol. The zero-order valence-electron chi connectivity index (χ0n) is 16.5. The van der Waals surface area contributed by atoms with Gasteiger partial charge in [0.1, 0.15) is 17.7 Å². The molecule has 2 aromatic heterocycles. The number of nitrogens with zero attached hydrogens (tertiary/aromatic N) is 5. The molecule has 0 aliphatic carbocycles. The first-order valence-electron chi connectivity index (χ1n) is 10.3. The molecular formula is C21H23F2N5O2. The van der Waals surface area contributed by atoms with Gasteiger partial charge in [-0.25, -0.2) is 18.7 Å². The molecule has 0 aromatic carbocycles. The fourth-order valence-corrected chi connectivity index (χ4v) is 5.08. The van der Waals surface area contributed by atoms with Gasteiger partial charge in [-0.05, 0) is 37.0 Å². The summed E-state index contributed by atoms with van der Waals surface area (Å²) in [5, 5.41) is 0. The van der Waals surface area contributed by atoms with Crippen LogP contribution >= 0.6 is 0 Å². The Morgan fingerprint density at radius 3 is 2.80 bits per heavy atom. The number of pyridine rings is 1. The number of carbonyl (C=O) groups excluding carboxylic acids is 1. The van der Waals surface area contributed by atoms with E-state index >= 15 is 0 Å². The lowest BCUT2D eigenvalue weighted by atomic mass is 9.83. The van der Waals surface area contributed by atoms with Crippen molar-refractivity contribution in [3.05, 3.63) is 52.3 Å². The highest BCUT2D eigenvalue weighted by molar-refractivity contribution is 5.94. The smallest absolute Gasteiger partial charge is 0.265 e. The molecule has 2 saturated heterocycles. The molecule has 7 nitrogen and oxygen atoms in total. The minimum atomic E-state index is -2.89. The van der Waals surface area contributed by atoms with Gasteiger partial charge in [-0.3, -0.25) is 9.59 Å². The van der Waals surface area contributed by atoms with E-state index in [9.17, 15) is 18.4 Å². The molecule has 9 heteroatoms. The number of piperidine rings is 2. The highest BCUT2D eigenvalue weighted by atomic mass is 19.3. The summed E-state index contributed by atoms with van der Waals surface area (Å²) in [4.78, 5) is 37.6. The third kappa shape index (κ3) is 3.36. The number of anilines is 1. The van der Waals surface area contributed by atoms with Crippen LogP contribution in [0.4, 0.5) is 14.6 Å². The molecule has 5 rings (SSSR count). The van der Waals surface area contributed by atoms with Gasteiger partial charge in [0.15, 0.2) is 0 Å². The van der Waals surface area contributed by atoms with Crippen LogP contribution in [0.1, 0.15) is 41.2 Å². The average molecular weight is 415 g/mol. The van der Waals surface area contributed by atoms with Crippen LogP contribution in [0.2, 0.25) is 0 Å². The van der Waals surface area contributed by atoms with E-state index in [0.717, 1.165) is 35.9 Å². The highest BCUT2D eigenvalue weighted by Crippen LogP contribution is 2.36. The Labute approximate surface area is 172 Å². The largest absolute Gasteiger partial charge is 0.356 e. The summed E-state index contributed by atoms with van der Waals surface area (Å²) in [6.45, 7) is 1.67. The number of halogens is 2. The van der Waals surface area contributed by atoms with Gasteiger partial charge in [-0.1, -0.05) is 0 Å². The number of carbonyl (C=O) groups is 1. The first-order chi connectivity index (χ1) is 14.4. The van der Waals surface area contributed by atoms with Crippen molar-refractivity contribution in [3.8, 4) is 0 Å². The van der Waals surface area contributed by atoms with Gasteiger partial charge in [0.05, 0.1) is 6.54 Å². The quantitative estimate of drug-likeness (QED) is 0.752. The standard InChI is InChI=1S/C21H23F2N5O2/c22-21(23)5-1-7-26(12-21)19(29)16-2-3-17-15-8-14(10-28(17)20(16)30)9-27(11-15)18-4-6-24-13-25-18/h2-4,6,13-15H,1,5,7-12H2/t14-,15+/m0/s1. The number of rotatable bonds is 2. The molecule has 158 valence electrons. The number of hydrogen-bond donors (Lipinski definition) is 0. The van der Waals surface area contributed by atoms with Gasteiger partial charge >= 0.3 is 0 Å². The van der Waals surface area contributed by atoms with E-state index in [4.69, 9.17) is 0 Å². The van der Waals surface area contributed by atoms with Crippen molar-refractivity contribution in [1.29, 1.82) is 0 Å². The van der Waals surface area contributed by atoms with Crippen LogP contribution < -0.4 is 10.5 Å². The summed E-state index contributed by atoms with van der Waals surface area (Å²) in [5.74, 6) is -2.20. The van der Waals surface area contributed by atoms with E-state index in [1.165, 1.54) is 12.4 Å². The summed E-state index contributed by atoms with van der Waals surface area (Å²) >= 11 is 0. The molecule has 1 amide bonds. The van der Waals surface area contributed by atoms with Crippen LogP contribution in [0.5, 0.6) is 0 Å². The van der Waals surface area contributed by atoms with Crippen LogP contribution in [0.15, 0.2) is 35.5 Å². The minimum absolute atomic E-state index is 0.0101. The summed E-state index contributed by atoms with van der Waals surface area (Å²) < 4.78 is 29.2. The Morgan fingerprint density at radius 2 is 2.03 bits per heavy atom. The lowest BCUT2D eigenvalue weighted by molar-refractivity contribution is -0.0560. The molecule has 0 N–H and O–H groups in total. The molecule has 0 radical (unpaired) electrons. The monoisotopic (exact) mass is 415 g/mol. The summed E-state index contributed by atoms with van der Waals surface area (Å²) in [5.41, 5.74) is 0.524. The lowest BCUT2D eigenvalue weighted by Crippen LogP contribution is -2.50. The molecular weight excluding hydrogens is 392 g/mol. The van der Waals surface area contributed by atoms with Crippen molar-refractivity contribution in [2.75, 3.05) is 31.1 Å². The third-order valence-electron chi connectivity index (χ3n) is 6.40. The Kier molecular flexibility index (Phi) is 4.56. The van der Waals surface area contributed by atoms with E-state index in [1.807, 2.05) is 12.1 Å². The van der Waals surface area contributed by atoms with Crippen molar-refractivity contribution >= 4 is 11.7 Å². The lowest BCUT2D eigenvalue weighted by Gasteiger charge is -2.43. The third-order valence-corrected chi connectivity index (χ3v) is 6.40. The number of fused-ring (bicyclic) bond motifs is 4. The van der Waals surface area contributed by atoms with Crippen molar-refractivity contribution in [2.45, 2.75) is 37.6 Å². The Balaban J connectivity index is 1.42. The van der Waals surface area contributed by atoms with Gasteiger partial charge in [0.25, 0.3) is 17.4 Å². The molecule has 3 aliphatic rings. The van der Waals surface area contributed by atoms with E-state index in [2.05, 4.69) is 14.9 Å². The van der Waals surface area contributed by atoms with E-state index in [1.54, 1.807) is 10.8 Å². The minimum Gasteiger partial charge on any atom is -0.356 e. The summed E-state index contributed by atoms with van der Waals surface area (Å²) in [7, 11) is 0. The maximum absolute atomic E-state index is 13.7. The molecule has 2 atom stereocenters. The van der Waals surface area contributed by atoms with Crippen LogP contribution in [0, 0.1) is 5.92 Å². The molecule has 0 spiro atoms. The number of hydrogen-bond acceptors (Lipinski definition) is 5. The zero-order valence-corrected chi connectivity index (χ0v) is 16.5. The van der Waals surface area contributed by atoms with Crippen LogP contribution in [-0.2, 0) is 6.54 Å². The molecule has 0 unspecified atom stereocenters. The van der Waals surface area contributed by atoms with E-state index in [-0.39, 0.29) is 42.3 Å². The number of aromatic nitrogens is 3. The maximum Gasteiger partial charge on any atom is 0.265 e. The number of likely N-dealkylation sites (tertiary alicyclic amines) is 1. The fraction of sp³-hybridized carbons (Fsp3) is 0.524. The van der Waals surface area contributed by atoms with Crippen molar-refractivity contribution in [1.82, 2.24) is 19.4 Å². The second-order valence-corrected chi connectivity index (χ2v) is 8.55. The normalized spacial score (nSPS) is 25.0. The molecule has 3 aliphatic heterocycles. The van der Waals surface area contributed by atoms with E-state index in [0.29, 0.717) is 6.54 Å². The molecule has 2 aromatic rings. The van der Waals surface area contributed by atoms with Gasteiger partial charge in [0.2, 0.25) is 0 Å². The molecule has 0 saturated carbocycles. The van der Waals surface area contributed by atoms with Crippen LogP contribution in [0.25, 0.3) is 0 Å². The molecule has 2 fully saturated rings. The molecule has 30 heavy (non-hydrogen) atoms. The summed E-state index contributed by atoms with van der Waals surface area (Å²) in [6, 6.07) is 5.22. The fourth-order valence-electron chi connectivity index (χ4n) is 5.08. The predicted octanol–water partition coefficient (Wildman–Crippen LogP) is 2.13. The second kappa shape index (κ2) is 7.14. The SMILES string of the molecule is O=C(c1ccc2n(c1=O)C[C@H]1C[C@@H]2CN(c2ccncn2)C1)N1CCCC(F)(F)C1. The highest BCUT2D eigenvalue weighted by Gasteiger charge is 2.39. The summed E-state index contributed by atoms with van der Waals surface area (Å²) in [6.07, 6.45) is 4.25. The number of alkyl halides is 2. The van der Waals surface area contributed by atoms with Crippen LogP contribution in [0.3, 0.4) is 0 Å². The van der Waals surface area contributed by atoms with Gasteiger partial charge in [-0.15, -0.1) is 0 Å². The average Bonchev–Trinajstić information content (AvgIpc) is 2.74. The van der Waals surface area contributed by atoms with Gasteiger partial charge in [0, 0.05) is 50.4 Å². The maximum atomic E-state index is 13.7. The van der Waals surface area contributed by atoms with Gasteiger partial charge < -0.3 is 14.4 Å². The van der Waals surface area contributed by atoms with Crippen LogP contribution in [-0.4, -0.2) is 57.4 Å². The Bertz CT molecular complexity index is 1030. The Hall–Kier alpha value is -2.84. The van der Waals surface area contributed by atoms with Crippen molar-refractivity contribution in [3.63, 3.8) is 0 Å².